The van der Waals surface area contributed by atoms with Crippen LogP contribution in [-0.2, 0) is 4.79 Å². The Kier molecular flexibility index (Phi) is 5.49. The first-order chi connectivity index (χ1) is 14.4. The van der Waals surface area contributed by atoms with Gasteiger partial charge in [0.1, 0.15) is 5.82 Å². The predicted molar refractivity (Wildman–Crippen MR) is 111 cm³/mol. The van der Waals surface area contributed by atoms with Gasteiger partial charge >= 0.3 is 0 Å². The maximum atomic E-state index is 14.3. The first kappa shape index (κ1) is 20.0. The minimum atomic E-state index is -0.504. The van der Waals surface area contributed by atoms with Crippen LogP contribution in [0, 0.1) is 15.9 Å². The number of thioether (sulfide) groups is 1. The van der Waals surface area contributed by atoms with Crippen molar-refractivity contribution in [3.05, 3.63) is 64.5 Å². The molecule has 1 aliphatic carbocycles. The number of nitrogens with zero attached hydrogens (tertiary/aromatic N) is 4. The van der Waals surface area contributed by atoms with Gasteiger partial charge in [0.05, 0.1) is 15.7 Å². The fourth-order valence-corrected chi connectivity index (χ4v) is 3.89. The number of hydrogen-bond acceptors (Lipinski definition) is 6. The molecule has 1 saturated carbocycles. The van der Waals surface area contributed by atoms with Crippen molar-refractivity contribution < 1.29 is 14.1 Å². The third-order valence-corrected chi connectivity index (χ3v) is 5.75. The van der Waals surface area contributed by atoms with Gasteiger partial charge in [0, 0.05) is 23.9 Å². The Labute approximate surface area is 175 Å². The molecule has 3 aromatic rings. The Bertz CT molecular complexity index is 1100. The number of aromatic nitrogens is 3. The number of carbonyl (C=O) groups excluding carboxylic acids is 1. The van der Waals surface area contributed by atoms with E-state index in [1.165, 1.54) is 42.1 Å². The molecule has 0 aliphatic heterocycles. The van der Waals surface area contributed by atoms with Crippen LogP contribution in [-0.4, -0.2) is 30.8 Å². The molecular weight excluding hydrogens is 409 g/mol. The third-order valence-electron chi connectivity index (χ3n) is 4.69. The van der Waals surface area contributed by atoms with Crippen LogP contribution >= 0.6 is 11.8 Å². The lowest BCUT2D eigenvalue weighted by atomic mass is 10.2. The number of nitrogens with one attached hydrogen (secondary N) is 1. The summed E-state index contributed by atoms with van der Waals surface area (Å²) >= 11 is 1.24. The van der Waals surface area contributed by atoms with Crippen molar-refractivity contribution in [2.75, 3.05) is 5.32 Å². The molecular formula is C20H18FN5O3S. The van der Waals surface area contributed by atoms with E-state index in [1.54, 1.807) is 25.1 Å². The second-order valence-corrected chi connectivity index (χ2v) is 8.25. The van der Waals surface area contributed by atoms with E-state index in [1.807, 2.05) is 4.57 Å². The quantitative estimate of drug-likeness (QED) is 0.340. The molecule has 1 heterocycles. The summed E-state index contributed by atoms with van der Waals surface area (Å²) in [5, 5.41) is 21.9. The summed E-state index contributed by atoms with van der Waals surface area (Å²) < 4.78 is 16.2. The molecule has 0 spiro atoms. The summed E-state index contributed by atoms with van der Waals surface area (Å²) in [4.78, 5) is 22.8. The average molecular weight is 427 g/mol. The highest BCUT2D eigenvalue weighted by Gasteiger charge is 2.32. The zero-order valence-electron chi connectivity index (χ0n) is 16.0. The molecule has 1 unspecified atom stereocenters. The Morgan fingerprint density at radius 1 is 1.23 bits per heavy atom. The van der Waals surface area contributed by atoms with Crippen molar-refractivity contribution in [1.29, 1.82) is 0 Å². The van der Waals surface area contributed by atoms with Crippen molar-refractivity contribution in [2.24, 2.45) is 0 Å². The van der Waals surface area contributed by atoms with E-state index in [-0.39, 0.29) is 23.5 Å². The largest absolute Gasteiger partial charge is 0.325 e. The second-order valence-electron chi connectivity index (χ2n) is 6.94. The number of hydrogen-bond donors (Lipinski definition) is 1. The lowest BCUT2D eigenvalue weighted by molar-refractivity contribution is -0.384. The molecule has 0 radical (unpaired) electrons. The zero-order chi connectivity index (χ0) is 21.3. The van der Waals surface area contributed by atoms with Gasteiger partial charge in [-0.15, -0.1) is 10.2 Å². The molecule has 1 fully saturated rings. The normalized spacial score (nSPS) is 14.3. The molecule has 0 bridgehead atoms. The molecule has 1 N–H and O–H groups in total. The number of nitro groups is 1. The van der Waals surface area contributed by atoms with Crippen LogP contribution in [0.3, 0.4) is 0 Å². The van der Waals surface area contributed by atoms with Crippen LogP contribution in [0.4, 0.5) is 15.8 Å². The van der Waals surface area contributed by atoms with Crippen LogP contribution in [0.25, 0.3) is 11.4 Å². The monoisotopic (exact) mass is 427 g/mol. The number of carbonyl (C=O) groups is 1. The van der Waals surface area contributed by atoms with Gasteiger partial charge in [-0.2, -0.15) is 0 Å². The minimum absolute atomic E-state index is 0.0476. The molecule has 1 amide bonds. The second kappa shape index (κ2) is 8.23. The van der Waals surface area contributed by atoms with Crippen molar-refractivity contribution in [3.63, 3.8) is 0 Å². The van der Waals surface area contributed by atoms with Crippen molar-refractivity contribution in [1.82, 2.24) is 14.8 Å². The standard InChI is InChI=1S/C20H18FN5O3S/c1-12(19(27)22-13-6-8-15(9-7-13)26(28)29)30-20-24-23-18(25(20)14-10-11-14)16-4-2-3-5-17(16)21/h2-9,12,14H,10-11H2,1H3,(H,22,27). The Balaban J connectivity index is 1.50. The predicted octanol–water partition coefficient (Wildman–Crippen LogP) is 4.45. The summed E-state index contributed by atoms with van der Waals surface area (Å²) in [6.07, 6.45) is 1.91. The fourth-order valence-electron chi connectivity index (χ4n) is 2.97. The molecule has 1 atom stereocenters. The van der Waals surface area contributed by atoms with E-state index in [0.717, 1.165) is 12.8 Å². The van der Waals surface area contributed by atoms with Crippen LogP contribution in [0.5, 0.6) is 0 Å². The van der Waals surface area contributed by atoms with Gasteiger partial charge in [-0.3, -0.25) is 19.5 Å². The first-order valence-electron chi connectivity index (χ1n) is 9.36. The summed E-state index contributed by atoms with van der Waals surface area (Å²) in [5.41, 5.74) is 0.800. The fraction of sp³-hybridized carbons (Fsp3) is 0.250. The summed E-state index contributed by atoms with van der Waals surface area (Å²) in [6.45, 7) is 1.74. The smallest absolute Gasteiger partial charge is 0.269 e. The van der Waals surface area contributed by atoms with Crippen LogP contribution in [0.2, 0.25) is 0 Å². The zero-order valence-corrected chi connectivity index (χ0v) is 16.8. The number of anilines is 1. The van der Waals surface area contributed by atoms with E-state index >= 15 is 0 Å². The number of halogens is 1. The number of nitro benzene ring substituents is 1. The maximum Gasteiger partial charge on any atom is 0.269 e. The van der Waals surface area contributed by atoms with E-state index in [2.05, 4.69) is 15.5 Å². The number of amides is 1. The van der Waals surface area contributed by atoms with Crippen LogP contribution in [0.15, 0.2) is 53.7 Å². The van der Waals surface area contributed by atoms with E-state index in [0.29, 0.717) is 22.2 Å². The summed E-state index contributed by atoms with van der Waals surface area (Å²) in [5.74, 6) is -0.181. The summed E-state index contributed by atoms with van der Waals surface area (Å²) in [7, 11) is 0. The highest BCUT2D eigenvalue weighted by atomic mass is 32.2. The molecule has 4 rings (SSSR count). The topological polar surface area (TPSA) is 103 Å². The third kappa shape index (κ3) is 4.18. The van der Waals surface area contributed by atoms with Gasteiger partial charge < -0.3 is 5.32 Å². The van der Waals surface area contributed by atoms with Gasteiger partial charge in [0.2, 0.25) is 5.91 Å². The molecule has 2 aromatic carbocycles. The molecule has 30 heavy (non-hydrogen) atoms. The Morgan fingerprint density at radius 3 is 2.57 bits per heavy atom. The molecule has 0 saturated heterocycles. The van der Waals surface area contributed by atoms with Gasteiger partial charge in [0.25, 0.3) is 5.69 Å². The molecule has 1 aromatic heterocycles. The average Bonchev–Trinajstić information content (AvgIpc) is 3.49. The lowest BCUT2D eigenvalue weighted by Gasteiger charge is -2.13. The van der Waals surface area contributed by atoms with Crippen LogP contribution in [0.1, 0.15) is 25.8 Å². The molecule has 1 aliphatic rings. The SMILES string of the molecule is CC(Sc1nnc(-c2ccccc2F)n1C1CC1)C(=O)Nc1ccc([N+](=O)[O-])cc1. The van der Waals surface area contributed by atoms with Crippen molar-refractivity contribution in [2.45, 2.75) is 36.2 Å². The van der Waals surface area contributed by atoms with E-state index < -0.39 is 10.2 Å². The maximum absolute atomic E-state index is 14.3. The lowest BCUT2D eigenvalue weighted by Crippen LogP contribution is -2.23. The highest BCUT2D eigenvalue weighted by molar-refractivity contribution is 8.00. The van der Waals surface area contributed by atoms with Gasteiger partial charge in [-0.05, 0) is 44.0 Å². The van der Waals surface area contributed by atoms with E-state index in [9.17, 15) is 19.3 Å². The molecule has 8 nitrogen and oxygen atoms in total. The first-order valence-corrected chi connectivity index (χ1v) is 10.2. The summed E-state index contributed by atoms with van der Waals surface area (Å²) in [6, 6.07) is 12.2. The van der Waals surface area contributed by atoms with Gasteiger partial charge in [0.15, 0.2) is 11.0 Å². The highest BCUT2D eigenvalue weighted by Crippen LogP contribution is 2.42. The van der Waals surface area contributed by atoms with Crippen molar-refractivity contribution >= 4 is 29.0 Å². The molecule has 10 heteroatoms. The van der Waals surface area contributed by atoms with Crippen LogP contribution < -0.4 is 5.32 Å². The van der Waals surface area contributed by atoms with Gasteiger partial charge in [-0.1, -0.05) is 23.9 Å². The van der Waals surface area contributed by atoms with Crippen molar-refractivity contribution in [3.8, 4) is 11.4 Å². The number of rotatable bonds is 7. The van der Waals surface area contributed by atoms with Gasteiger partial charge in [-0.25, -0.2) is 4.39 Å². The molecule has 154 valence electrons. The number of non-ortho nitro benzene ring substituents is 1. The Hall–Kier alpha value is -3.27. The number of benzene rings is 2. The Morgan fingerprint density at radius 2 is 1.93 bits per heavy atom. The minimum Gasteiger partial charge on any atom is -0.325 e. The van der Waals surface area contributed by atoms with E-state index in [4.69, 9.17) is 0 Å².